The van der Waals surface area contributed by atoms with Gasteiger partial charge in [-0.05, 0) is 68.7 Å². The van der Waals surface area contributed by atoms with Crippen LogP contribution in [0.15, 0.2) is 24.3 Å². The van der Waals surface area contributed by atoms with E-state index in [0.717, 1.165) is 58.9 Å². The highest BCUT2D eigenvalue weighted by Crippen LogP contribution is 2.41. The molecule has 3 aliphatic rings. The molecule has 0 saturated carbocycles. The van der Waals surface area contributed by atoms with Crippen molar-refractivity contribution in [2.75, 3.05) is 44.2 Å². The Morgan fingerprint density at radius 3 is 2.45 bits per heavy atom. The highest BCUT2D eigenvalue weighted by Gasteiger charge is 2.43. The Morgan fingerprint density at radius 2 is 1.77 bits per heavy atom. The average molecular weight is 440 g/mol. The molecule has 3 aliphatic heterocycles. The minimum atomic E-state index is -4.52. The van der Waals surface area contributed by atoms with Crippen LogP contribution in [0.2, 0.25) is 0 Å². The fraction of sp³-hybridized carbons (Fsp3) is 0.696. The Hall–Kier alpha value is -1.96. The molecule has 4 rings (SSSR count). The molecule has 5 nitrogen and oxygen atoms in total. The molecule has 1 aromatic rings. The first-order valence-corrected chi connectivity index (χ1v) is 11.3. The zero-order valence-electron chi connectivity index (χ0n) is 18.2. The van der Waals surface area contributed by atoms with Crippen LogP contribution in [0.4, 0.5) is 23.7 Å². The molecule has 0 bridgehead atoms. The van der Waals surface area contributed by atoms with Gasteiger partial charge in [0.2, 0.25) is 0 Å². The number of hydrogen-bond acceptors (Lipinski definition) is 4. The van der Waals surface area contributed by atoms with E-state index in [0.29, 0.717) is 13.1 Å². The predicted octanol–water partition coefficient (Wildman–Crippen LogP) is 4.66. The number of anilines is 1. The molecule has 31 heavy (non-hydrogen) atoms. The van der Waals surface area contributed by atoms with Crippen LogP contribution in [0.25, 0.3) is 0 Å². The fourth-order valence-corrected chi connectivity index (χ4v) is 5.11. The summed E-state index contributed by atoms with van der Waals surface area (Å²) in [6.07, 6.45) is -2.23. The summed E-state index contributed by atoms with van der Waals surface area (Å²) in [5.74, 6) is 0. The molecule has 8 heteroatoms. The number of rotatable bonds is 4. The van der Waals surface area contributed by atoms with Crippen molar-refractivity contribution in [3.8, 4) is 0 Å². The Morgan fingerprint density at radius 1 is 1.10 bits per heavy atom. The molecule has 0 aliphatic carbocycles. The van der Waals surface area contributed by atoms with Gasteiger partial charge in [0, 0.05) is 45.0 Å². The molecule has 1 unspecified atom stereocenters. The van der Waals surface area contributed by atoms with Crippen LogP contribution in [0, 0.1) is 5.41 Å². The second kappa shape index (κ2) is 8.88. The zero-order valence-corrected chi connectivity index (χ0v) is 18.2. The van der Waals surface area contributed by atoms with Crippen molar-refractivity contribution < 1.29 is 22.7 Å². The van der Waals surface area contributed by atoms with Gasteiger partial charge < -0.3 is 14.5 Å². The molecule has 3 heterocycles. The lowest BCUT2D eigenvalue weighted by molar-refractivity contribution is -0.200. The third-order valence-corrected chi connectivity index (χ3v) is 7.13. The van der Waals surface area contributed by atoms with Gasteiger partial charge in [0.15, 0.2) is 6.10 Å². The van der Waals surface area contributed by atoms with Crippen molar-refractivity contribution in [2.24, 2.45) is 5.41 Å². The maximum atomic E-state index is 12.6. The van der Waals surface area contributed by atoms with Crippen LogP contribution in [0.5, 0.6) is 0 Å². The lowest BCUT2D eigenvalue weighted by atomic mass is 9.78. The van der Waals surface area contributed by atoms with E-state index < -0.39 is 18.4 Å². The number of alkyl halides is 3. The molecule has 0 radical (unpaired) electrons. The summed E-state index contributed by atoms with van der Waals surface area (Å²) < 4.78 is 42.6. The third-order valence-electron chi connectivity index (χ3n) is 7.13. The molecule has 1 atom stereocenters. The zero-order chi connectivity index (χ0) is 22.1. The Balaban J connectivity index is 1.28. The Bertz CT molecular complexity index is 772. The highest BCUT2D eigenvalue weighted by atomic mass is 19.4. The van der Waals surface area contributed by atoms with Gasteiger partial charge in [-0.2, -0.15) is 13.2 Å². The number of likely N-dealkylation sites (tertiary alicyclic amines) is 2. The van der Waals surface area contributed by atoms with Crippen LogP contribution >= 0.6 is 0 Å². The lowest BCUT2D eigenvalue weighted by Crippen LogP contribution is -2.46. The van der Waals surface area contributed by atoms with E-state index in [2.05, 4.69) is 38.8 Å². The molecule has 3 saturated heterocycles. The van der Waals surface area contributed by atoms with Crippen LogP contribution in [-0.2, 0) is 11.3 Å². The Labute approximate surface area is 182 Å². The van der Waals surface area contributed by atoms with Gasteiger partial charge in [-0.1, -0.05) is 12.1 Å². The van der Waals surface area contributed by atoms with Crippen LogP contribution in [0.3, 0.4) is 0 Å². The monoisotopic (exact) mass is 439 g/mol. The van der Waals surface area contributed by atoms with Crippen molar-refractivity contribution >= 4 is 11.8 Å². The first-order chi connectivity index (χ1) is 14.7. The van der Waals surface area contributed by atoms with E-state index in [1.54, 1.807) is 0 Å². The minimum Gasteiger partial charge on any atom is -0.437 e. The van der Waals surface area contributed by atoms with Crippen LogP contribution in [-0.4, -0.2) is 67.4 Å². The SMILES string of the molecule is CC(OC(=O)N1CCC2(CCN(Cc3cccc(N4CCCC4)c3)C2)CC1)C(F)(F)F. The van der Waals surface area contributed by atoms with E-state index in [1.165, 1.54) is 29.0 Å². The molecule has 1 spiro atoms. The van der Waals surface area contributed by atoms with Crippen LogP contribution < -0.4 is 4.90 Å². The predicted molar refractivity (Wildman–Crippen MR) is 113 cm³/mol. The quantitative estimate of drug-likeness (QED) is 0.684. The summed E-state index contributed by atoms with van der Waals surface area (Å²) in [4.78, 5) is 18.4. The number of piperidine rings is 1. The van der Waals surface area contributed by atoms with E-state index in [9.17, 15) is 18.0 Å². The summed E-state index contributed by atoms with van der Waals surface area (Å²) in [5, 5.41) is 0. The molecule has 1 aromatic carbocycles. The highest BCUT2D eigenvalue weighted by molar-refractivity contribution is 5.68. The molecule has 0 aromatic heterocycles. The van der Waals surface area contributed by atoms with Gasteiger partial charge in [0.05, 0.1) is 0 Å². The van der Waals surface area contributed by atoms with Crippen molar-refractivity contribution in [1.82, 2.24) is 9.80 Å². The van der Waals surface area contributed by atoms with Crippen molar-refractivity contribution in [2.45, 2.75) is 57.9 Å². The van der Waals surface area contributed by atoms with Gasteiger partial charge >= 0.3 is 12.3 Å². The number of carbonyl (C=O) groups excluding carboxylic acids is 1. The normalized spacial score (nSPS) is 22.8. The number of hydrogen-bond donors (Lipinski definition) is 0. The third kappa shape index (κ3) is 5.27. The summed E-state index contributed by atoms with van der Waals surface area (Å²) in [6, 6.07) is 8.82. The molecular formula is C23H32F3N3O2. The van der Waals surface area contributed by atoms with Crippen molar-refractivity contribution in [3.05, 3.63) is 29.8 Å². The number of nitrogens with zero attached hydrogens (tertiary/aromatic N) is 3. The van der Waals surface area contributed by atoms with E-state index in [-0.39, 0.29) is 5.41 Å². The van der Waals surface area contributed by atoms with Gasteiger partial charge in [0.25, 0.3) is 0 Å². The molecule has 0 N–H and O–H groups in total. The average Bonchev–Trinajstić information content (AvgIpc) is 3.39. The van der Waals surface area contributed by atoms with E-state index >= 15 is 0 Å². The van der Waals surface area contributed by atoms with E-state index in [1.807, 2.05) is 0 Å². The lowest BCUT2D eigenvalue weighted by Gasteiger charge is -2.39. The topological polar surface area (TPSA) is 36.0 Å². The number of halogens is 3. The fourth-order valence-electron chi connectivity index (χ4n) is 5.11. The second-order valence-corrected chi connectivity index (χ2v) is 9.38. The summed E-state index contributed by atoms with van der Waals surface area (Å²) in [5.41, 5.74) is 2.78. The second-order valence-electron chi connectivity index (χ2n) is 9.38. The van der Waals surface area contributed by atoms with Gasteiger partial charge in [-0.15, -0.1) is 0 Å². The van der Waals surface area contributed by atoms with Gasteiger partial charge in [-0.25, -0.2) is 4.79 Å². The number of amides is 1. The van der Waals surface area contributed by atoms with Gasteiger partial charge in [-0.3, -0.25) is 4.90 Å². The summed E-state index contributed by atoms with van der Waals surface area (Å²) >= 11 is 0. The standard InChI is InChI=1S/C23H32F3N3O2/c1-18(23(24,25)26)31-21(30)29-13-8-22(9-14-29)7-12-27(17-22)16-19-5-4-6-20(15-19)28-10-2-3-11-28/h4-6,15,18H,2-3,7-14,16-17H2,1H3. The van der Waals surface area contributed by atoms with Crippen molar-refractivity contribution in [3.63, 3.8) is 0 Å². The number of benzene rings is 1. The first-order valence-electron chi connectivity index (χ1n) is 11.3. The van der Waals surface area contributed by atoms with Crippen LogP contribution in [0.1, 0.15) is 44.6 Å². The maximum Gasteiger partial charge on any atom is 0.425 e. The largest absolute Gasteiger partial charge is 0.437 e. The molecule has 1 amide bonds. The molecular weight excluding hydrogens is 407 g/mol. The van der Waals surface area contributed by atoms with E-state index in [4.69, 9.17) is 0 Å². The maximum absolute atomic E-state index is 12.6. The molecule has 172 valence electrons. The summed E-state index contributed by atoms with van der Waals surface area (Å²) in [7, 11) is 0. The van der Waals surface area contributed by atoms with Gasteiger partial charge in [0.1, 0.15) is 0 Å². The minimum absolute atomic E-state index is 0.152. The number of carbonyl (C=O) groups is 1. The smallest absolute Gasteiger partial charge is 0.425 e. The number of ether oxygens (including phenoxy) is 1. The van der Waals surface area contributed by atoms with Crippen molar-refractivity contribution in [1.29, 1.82) is 0 Å². The Kier molecular flexibility index (Phi) is 6.37. The molecule has 3 fully saturated rings. The first kappa shape index (κ1) is 22.2. The summed E-state index contributed by atoms with van der Waals surface area (Å²) in [6.45, 7) is 6.97.